The first-order valence-corrected chi connectivity index (χ1v) is 7.18. The van der Waals surface area contributed by atoms with Gasteiger partial charge in [-0.2, -0.15) is 0 Å². The predicted octanol–water partition coefficient (Wildman–Crippen LogP) is 3.08. The van der Waals surface area contributed by atoms with Crippen LogP contribution in [0.25, 0.3) is 0 Å². The summed E-state index contributed by atoms with van der Waals surface area (Å²) >= 11 is 0. The number of H-pyrrole nitrogens is 1. The molecule has 0 bridgehead atoms. The largest absolute Gasteiger partial charge is 0.347 e. The Bertz CT molecular complexity index is 478. The lowest BCUT2D eigenvalue weighted by molar-refractivity contribution is 0.285. The summed E-state index contributed by atoms with van der Waals surface area (Å²) < 4.78 is 0. The Labute approximate surface area is 114 Å². The first-order valence-electron chi connectivity index (χ1n) is 7.18. The highest BCUT2D eigenvalue weighted by molar-refractivity contribution is 5.14. The average molecular weight is 255 g/mol. The van der Waals surface area contributed by atoms with Crippen molar-refractivity contribution in [2.75, 3.05) is 6.54 Å². The number of hydrogen-bond donors (Lipinski definition) is 2. The van der Waals surface area contributed by atoms with Crippen molar-refractivity contribution in [3.05, 3.63) is 54.1 Å². The molecule has 2 unspecified atom stereocenters. The van der Waals surface area contributed by atoms with Crippen LogP contribution in [0.4, 0.5) is 0 Å². The van der Waals surface area contributed by atoms with Crippen LogP contribution in [0.5, 0.6) is 0 Å². The van der Waals surface area contributed by atoms with Gasteiger partial charge in [-0.15, -0.1) is 0 Å². The molecular formula is C16H21N3. The molecule has 2 heterocycles. The Morgan fingerprint density at radius 3 is 2.89 bits per heavy atom. The molecule has 0 aliphatic carbocycles. The quantitative estimate of drug-likeness (QED) is 0.881. The van der Waals surface area contributed by atoms with Gasteiger partial charge < -0.3 is 10.3 Å². The number of aryl methyl sites for hydroxylation is 1. The van der Waals surface area contributed by atoms with Gasteiger partial charge in [-0.25, -0.2) is 4.98 Å². The summed E-state index contributed by atoms with van der Waals surface area (Å²) in [4.78, 5) is 7.60. The van der Waals surface area contributed by atoms with E-state index >= 15 is 0 Å². The molecule has 100 valence electrons. The fraction of sp³-hybridized carbons (Fsp3) is 0.438. The molecule has 1 aliphatic rings. The van der Waals surface area contributed by atoms with Gasteiger partial charge in [0.15, 0.2) is 0 Å². The molecule has 1 aromatic carbocycles. The topological polar surface area (TPSA) is 40.7 Å². The lowest BCUT2D eigenvalue weighted by Gasteiger charge is -2.29. The zero-order chi connectivity index (χ0) is 12.9. The van der Waals surface area contributed by atoms with Crippen molar-refractivity contribution >= 4 is 0 Å². The van der Waals surface area contributed by atoms with E-state index in [0.717, 1.165) is 18.3 Å². The molecule has 1 fully saturated rings. The second kappa shape index (κ2) is 6.02. The summed E-state index contributed by atoms with van der Waals surface area (Å²) in [5.74, 6) is 1.89. The van der Waals surface area contributed by atoms with Gasteiger partial charge in [0.25, 0.3) is 0 Å². The van der Waals surface area contributed by atoms with Gasteiger partial charge >= 0.3 is 0 Å². The molecule has 1 aliphatic heterocycles. The zero-order valence-corrected chi connectivity index (χ0v) is 11.2. The van der Waals surface area contributed by atoms with E-state index in [9.17, 15) is 0 Å². The number of rotatable bonds is 4. The summed E-state index contributed by atoms with van der Waals surface area (Å²) in [5.41, 5.74) is 1.45. The maximum atomic E-state index is 4.37. The summed E-state index contributed by atoms with van der Waals surface area (Å²) in [6.07, 6.45) is 8.69. The van der Waals surface area contributed by atoms with Gasteiger partial charge in [-0.3, -0.25) is 0 Å². The van der Waals surface area contributed by atoms with E-state index in [1.54, 1.807) is 0 Å². The van der Waals surface area contributed by atoms with Crippen LogP contribution in [-0.2, 0) is 6.42 Å². The van der Waals surface area contributed by atoms with Gasteiger partial charge in [-0.1, -0.05) is 30.3 Å². The zero-order valence-electron chi connectivity index (χ0n) is 11.2. The molecule has 0 saturated carbocycles. The molecule has 19 heavy (non-hydrogen) atoms. The average Bonchev–Trinajstić information content (AvgIpc) is 3.01. The Balaban J connectivity index is 1.54. The maximum absolute atomic E-state index is 4.37. The van der Waals surface area contributed by atoms with Crippen molar-refractivity contribution in [2.24, 2.45) is 5.92 Å². The van der Waals surface area contributed by atoms with Crippen LogP contribution in [0, 0.1) is 5.92 Å². The van der Waals surface area contributed by atoms with Crippen LogP contribution >= 0.6 is 0 Å². The first-order chi connectivity index (χ1) is 9.42. The Hall–Kier alpha value is -1.61. The minimum absolute atomic E-state index is 0.407. The fourth-order valence-electron chi connectivity index (χ4n) is 2.95. The number of piperidine rings is 1. The van der Waals surface area contributed by atoms with E-state index in [-0.39, 0.29) is 0 Å². The molecule has 3 heteroatoms. The van der Waals surface area contributed by atoms with Crippen molar-refractivity contribution in [1.82, 2.24) is 15.3 Å². The van der Waals surface area contributed by atoms with Gasteiger partial charge in [-0.05, 0) is 43.7 Å². The fourth-order valence-corrected chi connectivity index (χ4v) is 2.95. The van der Waals surface area contributed by atoms with Gasteiger partial charge in [0, 0.05) is 12.4 Å². The lowest BCUT2D eigenvalue weighted by atomic mass is 9.87. The number of benzene rings is 1. The molecule has 2 N–H and O–H groups in total. The van der Waals surface area contributed by atoms with Crippen LogP contribution in [0.15, 0.2) is 42.7 Å². The van der Waals surface area contributed by atoms with Gasteiger partial charge in [0.05, 0.1) is 6.04 Å². The highest BCUT2D eigenvalue weighted by Crippen LogP contribution is 2.28. The number of hydrogen-bond acceptors (Lipinski definition) is 2. The van der Waals surface area contributed by atoms with Gasteiger partial charge in [0.1, 0.15) is 5.82 Å². The molecule has 0 spiro atoms. The first kappa shape index (κ1) is 12.4. The van der Waals surface area contributed by atoms with E-state index in [1.165, 1.54) is 31.2 Å². The molecule has 2 atom stereocenters. The molecule has 3 nitrogen and oxygen atoms in total. The van der Waals surface area contributed by atoms with Crippen LogP contribution in [0.2, 0.25) is 0 Å². The monoisotopic (exact) mass is 255 g/mol. The highest BCUT2D eigenvalue weighted by Gasteiger charge is 2.23. The van der Waals surface area contributed by atoms with Crippen molar-refractivity contribution in [3.63, 3.8) is 0 Å². The number of aromatic nitrogens is 2. The number of nitrogens with zero attached hydrogens (tertiary/aromatic N) is 1. The van der Waals surface area contributed by atoms with Crippen LogP contribution in [-0.4, -0.2) is 16.5 Å². The molecule has 1 aromatic heterocycles. The van der Waals surface area contributed by atoms with Gasteiger partial charge in [0.2, 0.25) is 0 Å². The third-order valence-corrected chi connectivity index (χ3v) is 4.05. The third kappa shape index (κ3) is 3.24. The molecule has 0 amide bonds. The minimum atomic E-state index is 0.407. The van der Waals surface area contributed by atoms with Crippen LogP contribution in [0.3, 0.4) is 0 Å². The molecule has 3 rings (SSSR count). The Morgan fingerprint density at radius 1 is 1.21 bits per heavy atom. The number of imidazole rings is 1. The second-order valence-corrected chi connectivity index (χ2v) is 5.40. The third-order valence-electron chi connectivity index (χ3n) is 4.05. The van der Waals surface area contributed by atoms with Crippen molar-refractivity contribution < 1.29 is 0 Å². The van der Waals surface area contributed by atoms with E-state index < -0.39 is 0 Å². The summed E-state index contributed by atoms with van der Waals surface area (Å²) in [6.45, 7) is 1.10. The van der Waals surface area contributed by atoms with E-state index in [1.807, 2.05) is 12.4 Å². The summed E-state index contributed by atoms with van der Waals surface area (Å²) in [6, 6.07) is 11.2. The second-order valence-electron chi connectivity index (χ2n) is 5.40. The van der Waals surface area contributed by atoms with Crippen molar-refractivity contribution in [3.8, 4) is 0 Å². The Kier molecular flexibility index (Phi) is 3.94. The minimum Gasteiger partial charge on any atom is -0.347 e. The standard InChI is InChI=1S/C16H21N3/c1-2-4-13(5-3-1)6-7-14-8-9-17-15(12-14)16-18-10-11-19-16/h1-5,10-11,14-15,17H,6-9,12H2,(H,18,19). The normalized spacial score (nSPS) is 23.4. The van der Waals surface area contributed by atoms with Crippen LogP contribution < -0.4 is 5.32 Å². The molecule has 1 saturated heterocycles. The molecular weight excluding hydrogens is 234 g/mol. The Morgan fingerprint density at radius 2 is 2.11 bits per heavy atom. The summed E-state index contributed by atoms with van der Waals surface area (Å²) in [5, 5.41) is 3.56. The van der Waals surface area contributed by atoms with Crippen LogP contribution in [0.1, 0.15) is 36.7 Å². The SMILES string of the molecule is c1ccc(CCC2CCNC(c3ncc[nH]3)C2)cc1. The molecule has 0 radical (unpaired) electrons. The van der Waals surface area contributed by atoms with E-state index in [2.05, 4.69) is 45.6 Å². The maximum Gasteiger partial charge on any atom is 0.123 e. The van der Waals surface area contributed by atoms with Crippen molar-refractivity contribution in [2.45, 2.75) is 31.7 Å². The van der Waals surface area contributed by atoms with E-state index in [0.29, 0.717) is 6.04 Å². The smallest absolute Gasteiger partial charge is 0.123 e. The number of aromatic amines is 1. The van der Waals surface area contributed by atoms with E-state index in [4.69, 9.17) is 0 Å². The number of nitrogens with one attached hydrogen (secondary N) is 2. The highest BCUT2D eigenvalue weighted by atomic mass is 15.0. The predicted molar refractivity (Wildman–Crippen MR) is 76.8 cm³/mol. The van der Waals surface area contributed by atoms with Crippen molar-refractivity contribution in [1.29, 1.82) is 0 Å². The lowest BCUT2D eigenvalue weighted by Crippen LogP contribution is -2.32. The molecule has 2 aromatic rings. The summed E-state index contributed by atoms with van der Waals surface area (Å²) in [7, 11) is 0.